The van der Waals surface area contributed by atoms with Crippen LogP contribution in [0.3, 0.4) is 0 Å². The zero-order chi connectivity index (χ0) is 9.26. The smallest absolute Gasteiger partial charge is 0.200 e. The maximum absolute atomic E-state index is 4.33. The summed E-state index contributed by atoms with van der Waals surface area (Å²) in [7, 11) is 1.85. The molecular formula is C9H11N3S. The lowest BCUT2D eigenvalue weighted by molar-refractivity contribution is 1.28. The lowest BCUT2D eigenvalue weighted by atomic mass is 10.3. The van der Waals surface area contributed by atoms with E-state index in [2.05, 4.69) is 33.7 Å². The first-order valence-corrected chi connectivity index (χ1v) is 5.27. The van der Waals surface area contributed by atoms with Crippen LogP contribution < -0.4 is 5.32 Å². The number of imidazole rings is 1. The Bertz CT molecular complexity index is 420. The first-order chi connectivity index (χ1) is 6.33. The molecule has 0 amide bonds. The Labute approximate surface area is 80.9 Å². The summed E-state index contributed by atoms with van der Waals surface area (Å²) in [5.74, 6) is 0.813. The average molecular weight is 193 g/mol. The van der Waals surface area contributed by atoms with Gasteiger partial charge in [-0.15, -0.1) is 11.8 Å². The van der Waals surface area contributed by atoms with Gasteiger partial charge in [0.05, 0.1) is 11.0 Å². The van der Waals surface area contributed by atoms with Crippen molar-refractivity contribution in [2.24, 2.45) is 0 Å². The number of benzene rings is 1. The van der Waals surface area contributed by atoms with Gasteiger partial charge in [-0.05, 0) is 24.5 Å². The van der Waals surface area contributed by atoms with Gasteiger partial charge in [0.2, 0.25) is 5.95 Å². The predicted molar refractivity (Wildman–Crippen MR) is 57.4 cm³/mol. The summed E-state index contributed by atoms with van der Waals surface area (Å²) in [6.45, 7) is 0. The molecule has 1 heterocycles. The van der Waals surface area contributed by atoms with Gasteiger partial charge in [0.25, 0.3) is 0 Å². The largest absolute Gasteiger partial charge is 0.359 e. The molecule has 2 rings (SSSR count). The van der Waals surface area contributed by atoms with Crippen molar-refractivity contribution < 1.29 is 0 Å². The second kappa shape index (κ2) is 3.30. The van der Waals surface area contributed by atoms with E-state index in [-0.39, 0.29) is 0 Å². The highest BCUT2D eigenvalue weighted by molar-refractivity contribution is 7.98. The minimum Gasteiger partial charge on any atom is -0.359 e. The van der Waals surface area contributed by atoms with Crippen molar-refractivity contribution in [2.75, 3.05) is 18.6 Å². The zero-order valence-corrected chi connectivity index (χ0v) is 8.40. The summed E-state index contributed by atoms with van der Waals surface area (Å²) >= 11 is 1.73. The van der Waals surface area contributed by atoms with Crippen LogP contribution in [-0.2, 0) is 0 Å². The molecule has 0 bridgehead atoms. The van der Waals surface area contributed by atoms with Crippen molar-refractivity contribution in [1.82, 2.24) is 9.97 Å². The minimum absolute atomic E-state index is 0.813. The topological polar surface area (TPSA) is 40.7 Å². The van der Waals surface area contributed by atoms with E-state index in [4.69, 9.17) is 0 Å². The number of hydrogen-bond acceptors (Lipinski definition) is 3. The van der Waals surface area contributed by atoms with Gasteiger partial charge in [0.15, 0.2) is 0 Å². The van der Waals surface area contributed by atoms with E-state index in [0.29, 0.717) is 0 Å². The molecule has 0 aliphatic rings. The van der Waals surface area contributed by atoms with Gasteiger partial charge >= 0.3 is 0 Å². The quantitative estimate of drug-likeness (QED) is 0.719. The minimum atomic E-state index is 0.813. The monoisotopic (exact) mass is 193 g/mol. The Morgan fingerprint density at radius 3 is 3.00 bits per heavy atom. The molecule has 0 aliphatic heterocycles. The van der Waals surface area contributed by atoms with Crippen molar-refractivity contribution >= 4 is 28.7 Å². The summed E-state index contributed by atoms with van der Waals surface area (Å²) in [6, 6.07) is 6.21. The van der Waals surface area contributed by atoms with Crippen LogP contribution in [0.4, 0.5) is 5.95 Å². The molecule has 4 heteroatoms. The maximum Gasteiger partial charge on any atom is 0.200 e. The molecular weight excluding hydrogens is 182 g/mol. The second-order valence-electron chi connectivity index (χ2n) is 2.72. The number of aromatic amines is 1. The van der Waals surface area contributed by atoms with Crippen LogP contribution in [0.5, 0.6) is 0 Å². The van der Waals surface area contributed by atoms with Gasteiger partial charge in [-0.3, -0.25) is 0 Å². The number of rotatable bonds is 2. The number of fused-ring (bicyclic) bond motifs is 1. The molecule has 2 N–H and O–H groups in total. The molecule has 0 saturated carbocycles. The fourth-order valence-corrected chi connectivity index (χ4v) is 1.67. The number of H-pyrrole nitrogens is 1. The van der Waals surface area contributed by atoms with Crippen LogP contribution in [0.1, 0.15) is 0 Å². The lowest BCUT2D eigenvalue weighted by Crippen LogP contribution is -1.88. The van der Waals surface area contributed by atoms with Crippen LogP contribution in [0.15, 0.2) is 23.1 Å². The molecule has 3 nitrogen and oxygen atoms in total. The van der Waals surface area contributed by atoms with Gasteiger partial charge in [0, 0.05) is 11.9 Å². The first-order valence-electron chi connectivity index (χ1n) is 4.05. The standard InChI is InChI=1S/C9H11N3S/c1-10-9-11-7-4-3-6(13-2)5-8(7)12-9/h3-5H,1-2H3,(H2,10,11,12). The van der Waals surface area contributed by atoms with Crippen molar-refractivity contribution in [3.63, 3.8) is 0 Å². The third-order valence-corrected chi connectivity index (χ3v) is 2.65. The molecule has 0 aliphatic carbocycles. The molecule has 0 spiro atoms. The van der Waals surface area contributed by atoms with E-state index in [0.717, 1.165) is 17.0 Å². The van der Waals surface area contributed by atoms with Gasteiger partial charge in [0.1, 0.15) is 0 Å². The van der Waals surface area contributed by atoms with Crippen LogP contribution in [0.25, 0.3) is 11.0 Å². The lowest BCUT2D eigenvalue weighted by Gasteiger charge is -1.93. The summed E-state index contributed by atoms with van der Waals surface area (Å²) in [5.41, 5.74) is 2.08. The molecule has 0 atom stereocenters. The van der Waals surface area contributed by atoms with Gasteiger partial charge in [-0.1, -0.05) is 0 Å². The van der Waals surface area contributed by atoms with Gasteiger partial charge in [-0.25, -0.2) is 4.98 Å². The van der Waals surface area contributed by atoms with Gasteiger partial charge in [-0.2, -0.15) is 0 Å². The number of thioether (sulfide) groups is 1. The number of nitrogens with one attached hydrogen (secondary N) is 2. The van der Waals surface area contributed by atoms with Crippen molar-refractivity contribution in [3.8, 4) is 0 Å². The molecule has 13 heavy (non-hydrogen) atoms. The summed E-state index contributed by atoms with van der Waals surface area (Å²) < 4.78 is 0. The second-order valence-corrected chi connectivity index (χ2v) is 3.60. The van der Waals surface area contributed by atoms with Crippen LogP contribution in [0.2, 0.25) is 0 Å². The predicted octanol–water partition coefficient (Wildman–Crippen LogP) is 2.33. The van der Waals surface area contributed by atoms with Crippen LogP contribution >= 0.6 is 11.8 Å². The molecule has 0 fully saturated rings. The van der Waals surface area contributed by atoms with Crippen LogP contribution in [-0.4, -0.2) is 23.3 Å². The molecule has 0 saturated heterocycles. The van der Waals surface area contributed by atoms with Gasteiger partial charge < -0.3 is 10.3 Å². The molecule has 0 radical (unpaired) electrons. The number of anilines is 1. The SMILES string of the molecule is CNc1nc2ccc(SC)cc2[nH]1. The zero-order valence-electron chi connectivity index (χ0n) is 7.59. The molecule has 0 unspecified atom stereocenters. The fourth-order valence-electron chi connectivity index (χ4n) is 1.23. The van der Waals surface area contributed by atoms with E-state index in [1.165, 1.54) is 4.90 Å². The number of hydrogen-bond donors (Lipinski definition) is 2. The Balaban J connectivity index is 2.57. The average Bonchev–Trinajstić information content (AvgIpc) is 2.58. The van der Waals surface area contributed by atoms with Crippen molar-refractivity contribution in [3.05, 3.63) is 18.2 Å². The Morgan fingerprint density at radius 1 is 1.46 bits per heavy atom. The van der Waals surface area contributed by atoms with E-state index < -0.39 is 0 Å². The Morgan fingerprint density at radius 2 is 2.31 bits per heavy atom. The van der Waals surface area contributed by atoms with E-state index in [9.17, 15) is 0 Å². The molecule has 1 aromatic carbocycles. The normalized spacial score (nSPS) is 10.6. The van der Waals surface area contributed by atoms with Crippen LogP contribution in [0, 0.1) is 0 Å². The molecule has 2 aromatic rings. The maximum atomic E-state index is 4.33. The highest BCUT2D eigenvalue weighted by Crippen LogP contribution is 2.21. The highest BCUT2D eigenvalue weighted by Gasteiger charge is 2.00. The third kappa shape index (κ3) is 1.49. The van der Waals surface area contributed by atoms with Crippen molar-refractivity contribution in [1.29, 1.82) is 0 Å². The highest BCUT2D eigenvalue weighted by atomic mass is 32.2. The Kier molecular flexibility index (Phi) is 2.14. The summed E-state index contributed by atoms with van der Waals surface area (Å²) in [5, 5.41) is 2.98. The summed E-state index contributed by atoms with van der Waals surface area (Å²) in [4.78, 5) is 8.76. The fraction of sp³-hybridized carbons (Fsp3) is 0.222. The summed E-state index contributed by atoms with van der Waals surface area (Å²) in [6.07, 6.45) is 2.07. The van der Waals surface area contributed by atoms with E-state index in [1.54, 1.807) is 11.8 Å². The molecule has 1 aromatic heterocycles. The van der Waals surface area contributed by atoms with E-state index in [1.807, 2.05) is 13.1 Å². The number of nitrogens with zero attached hydrogens (tertiary/aromatic N) is 1. The Hall–Kier alpha value is -1.16. The number of aromatic nitrogens is 2. The first kappa shape index (κ1) is 8.44. The third-order valence-electron chi connectivity index (χ3n) is 1.93. The van der Waals surface area contributed by atoms with Crippen molar-refractivity contribution in [2.45, 2.75) is 4.90 Å². The molecule has 68 valence electrons. The van der Waals surface area contributed by atoms with E-state index >= 15 is 0 Å².